The van der Waals surface area contributed by atoms with Gasteiger partial charge in [-0.1, -0.05) is 0 Å². The molecule has 3 heterocycles. The number of hydrogen-bond acceptors (Lipinski definition) is 4. The first-order valence-electron chi connectivity index (χ1n) is 8.11. The summed E-state index contributed by atoms with van der Waals surface area (Å²) in [6.07, 6.45) is 4.66. The van der Waals surface area contributed by atoms with Crippen molar-refractivity contribution >= 4 is 11.3 Å². The lowest BCUT2D eigenvalue weighted by Gasteiger charge is -2.32. The molecule has 4 rings (SSSR count). The zero-order valence-corrected chi connectivity index (χ0v) is 13.9. The van der Waals surface area contributed by atoms with Crippen molar-refractivity contribution < 1.29 is 4.74 Å². The summed E-state index contributed by atoms with van der Waals surface area (Å²) in [7, 11) is 2.11. The molecule has 0 amide bonds. The van der Waals surface area contributed by atoms with Gasteiger partial charge >= 0.3 is 0 Å². The maximum Gasteiger partial charge on any atom is 0.0949 e. The normalized spacial score (nSPS) is 22.0. The number of rotatable bonds is 6. The molecule has 0 unspecified atom stereocenters. The minimum atomic E-state index is 0.439. The standard InChI is InChI=1S/C17H23N3OS/c1-19-12-18-16-8-20(6-14-4-5-22-11-14)7-15(17(16)19)10-21-9-13-2-3-13/h4-5,11-13,15H,2-3,6-10H2,1H3/t15-/m1/s1. The molecule has 0 N–H and O–H groups in total. The summed E-state index contributed by atoms with van der Waals surface area (Å²) < 4.78 is 8.18. The number of aryl methyl sites for hydroxylation is 1. The lowest BCUT2D eigenvalue weighted by Crippen LogP contribution is -2.36. The molecule has 2 aliphatic rings. The second kappa shape index (κ2) is 6.14. The molecule has 1 fully saturated rings. The average molecular weight is 317 g/mol. The second-order valence-corrected chi connectivity index (χ2v) is 7.45. The fourth-order valence-corrected chi connectivity index (χ4v) is 4.02. The average Bonchev–Trinajstić information content (AvgIpc) is 3.04. The van der Waals surface area contributed by atoms with Gasteiger partial charge in [-0.2, -0.15) is 11.3 Å². The Morgan fingerprint density at radius 3 is 3.05 bits per heavy atom. The van der Waals surface area contributed by atoms with Gasteiger partial charge in [0, 0.05) is 44.9 Å². The fraction of sp³-hybridized carbons (Fsp3) is 0.588. The van der Waals surface area contributed by atoms with E-state index in [0.717, 1.165) is 38.8 Å². The summed E-state index contributed by atoms with van der Waals surface area (Å²) in [5, 5.41) is 4.40. The maximum absolute atomic E-state index is 6.00. The van der Waals surface area contributed by atoms with Crippen molar-refractivity contribution in [1.82, 2.24) is 14.5 Å². The topological polar surface area (TPSA) is 30.3 Å². The van der Waals surface area contributed by atoms with Gasteiger partial charge in [-0.25, -0.2) is 4.98 Å². The molecule has 118 valence electrons. The first kappa shape index (κ1) is 14.4. The van der Waals surface area contributed by atoms with E-state index in [9.17, 15) is 0 Å². The fourth-order valence-electron chi connectivity index (χ4n) is 3.36. The summed E-state index contributed by atoms with van der Waals surface area (Å²) >= 11 is 1.77. The van der Waals surface area contributed by atoms with E-state index in [1.54, 1.807) is 11.3 Å². The number of fused-ring (bicyclic) bond motifs is 1. The summed E-state index contributed by atoms with van der Waals surface area (Å²) in [5.74, 6) is 1.27. The van der Waals surface area contributed by atoms with Gasteiger partial charge in [0.25, 0.3) is 0 Å². The maximum atomic E-state index is 6.00. The molecule has 4 nitrogen and oxygen atoms in total. The summed E-state index contributed by atoms with van der Waals surface area (Å²) in [5.41, 5.74) is 4.00. The minimum absolute atomic E-state index is 0.439. The van der Waals surface area contributed by atoms with Crippen LogP contribution in [0.15, 0.2) is 23.2 Å². The van der Waals surface area contributed by atoms with Crippen LogP contribution in [-0.2, 0) is 24.9 Å². The van der Waals surface area contributed by atoms with E-state index in [-0.39, 0.29) is 0 Å². The molecule has 2 aromatic heterocycles. The van der Waals surface area contributed by atoms with Gasteiger partial charge in [0.05, 0.1) is 18.6 Å². The van der Waals surface area contributed by atoms with E-state index in [4.69, 9.17) is 4.74 Å². The van der Waals surface area contributed by atoms with Crippen molar-refractivity contribution in [3.05, 3.63) is 40.1 Å². The van der Waals surface area contributed by atoms with Gasteiger partial charge in [0.1, 0.15) is 0 Å². The summed E-state index contributed by atoms with van der Waals surface area (Å²) in [4.78, 5) is 7.11. The van der Waals surface area contributed by atoms with Gasteiger partial charge in [0.15, 0.2) is 0 Å². The number of nitrogens with zero attached hydrogens (tertiary/aromatic N) is 3. The van der Waals surface area contributed by atoms with Crippen LogP contribution in [0.2, 0.25) is 0 Å². The summed E-state index contributed by atoms with van der Waals surface area (Å²) in [6, 6.07) is 2.22. The molecule has 0 saturated heterocycles. The van der Waals surface area contributed by atoms with Crippen LogP contribution in [0.25, 0.3) is 0 Å². The highest BCUT2D eigenvalue weighted by Gasteiger charge is 2.30. The van der Waals surface area contributed by atoms with Crippen molar-refractivity contribution in [1.29, 1.82) is 0 Å². The number of aromatic nitrogens is 2. The molecule has 0 bridgehead atoms. The number of thiophene rings is 1. The van der Waals surface area contributed by atoms with E-state index >= 15 is 0 Å². The molecule has 1 aliphatic heterocycles. The first-order chi connectivity index (χ1) is 10.8. The molecule has 5 heteroatoms. The van der Waals surface area contributed by atoms with Crippen LogP contribution in [0, 0.1) is 5.92 Å². The predicted octanol–water partition coefficient (Wildman–Crippen LogP) is 3.01. The SMILES string of the molecule is Cn1cnc2c1[C@@H](COCC1CC1)CN(Cc1ccsc1)C2. The molecule has 1 atom stereocenters. The van der Waals surface area contributed by atoms with E-state index in [0.29, 0.717) is 5.92 Å². The Bertz CT molecular complexity index is 618. The third-order valence-corrected chi connectivity index (χ3v) is 5.39. The highest BCUT2D eigenvalue weighted by molar-refractivity contribution is 7.07. The molecule has 0 aromatic carbocycles. The van der Waals surface area contributed by atoms with Crippen molar-refractivity contribution in [2.75, 3.05) is 19.8 Å². The number of ether oxygens (including phenoxy) is 1. The largest absolute Gasteiger partial charge is 0.380 e. The molecule has 0 spiro atoms. The number of imidazole rings is 1. The molecular formula is C17H23N3OS. The van der Waals surface area contributed by atoms with Crippen molar-refractivity contribution in [2.24, 2.45) is 13.0 Å². The monoisotopic (exact) mass is 317 g/mol. The lowest BCUT2D eigenvalue weighted by molar-refractivity contribution is 0.0868. The van der Waals surface area contributed by atoms with Gasteiger partial charge in [-0.3, -0.25) is 4.90 Å². The zero-order chi connectivity index (χ0) is 14.9. The summed E-state index contributed by atoms with van der Waals surface area (Å²) in [6.45, 7) is 4.79. The highest BCUT2D eigenvalue weighted by Crippen LogP contribution is 2.31. The molecule has 2 aromatic rings. The Kier molecular flexibility index (Phi) is 4.03. The predicted molar refractivity (Wildman–Crippen MR) is 87.9 cm³/mol. The van der Waals surface area contributed by atoms with Gasteiger partial charge in [-0.05, 0) is 41.1 Å². The minimum Gasteiger partial charge on any atom is -0.380 e. The Morgan fingerprint density at radius 1 is 1.36 bits per heavy atom. The molecule has 1 saturated carbocycles. The smallest absolute Gasteiger partial charge is 0.0949 e. The van der Waals surface area contributed by atoms with Crippen molar-refractivity contribution in [2.45, 2.75) is 31.8 Å². The van der Waals surface area contributed by atoms with E-state index < -0.39 is 0 Å². The first-order valence-corrected chi connectivity index (χ1v) is 9.05. The Morgan fingerprint density at radius 2 is 2.27 bits per heavy atom. The van der Waals surface area contributed by atoms with Gasteiger partial charge in [0.2, 0.25) is 0 Å². The Balaban J connectivity index is 1.46. The Labute approximate surface area is 135 Å². The molecular weight excluding hydrogens is 294 g/mol. The van der Waals surface area contributed by atoms with Crippen LogP contribution in [0.3, 0.4) is 0 Å². The molecule has 22 heavy (non-hydrogen) atoms. The van der Waals surface area contributed by atoms with E-state index in [2.05, 4.69) is 38.3 Å². The van der Waals surface area contributed by atoms with Crippen LogP contribution < -0.4 is 0 Å². The zero-order valence-electron chi connectivity index (χ0n) is 13.1. The number of hydrogen-bond donors (Lipinski definition) is 0. The van der Waals surface area contributed by atoms with Crippen LogP contribution in [-0.4, -0.2) is 34.2 Å². The van der Waals surface area contributed by atoms with Gasteiger partial charge in [-0.15, -0.1) is 0 Å². The third-order valence-electron chi connectivity index (χ3n) is 4.66. The third kappa shape index (κ3) is 3.12. The van der Waals surface area contributed by atoms with Crippen molar-refractivity contribution in [3.8, 4) is 0 Å². The molecule has 1 aliphatic carbocycles. The van der Waals surface area contributed by atoms with Crippen molar-refractivity contribution in [3.63, 3.8) is 0 Å². The molecule has 0 radical (unpaired) electrons. The van der Waals surface area contributed by atoms with Crippen LogP contribution >= 0.6 is 11.3 Å². The second-order valence-electron chi connectivity index (χ2n) is 6.67. The van der Waals surface area contributed by atoms with E-state index in [1.165, 1.54) is 29.8 Å². The van der Waals surface area contributed by atoms with E-state index in [1.807, 2.05) is 6.33 Å². The van der Waals surface area contributed by atoms with Crippen LogP contribution in [0.5, 0.6) is 0 Å². The lowest BCUT2D eigenvalue weighted by atomic mass is 9.98. The highest BCUT2D eigenvalue weighted by atomic mass is 32.1. The Hall–Kier alpha value is -1.17. The quantitative estimate of drug-likeness (QED) is 0.820. The van der Waals surface area contributed by atoms with Gasteiger partial charge < -0.3 is 9.30 Å². The van der Waals surface area contributed by atoms with Crippen LogP contribution in [0.4, 0.5) is 0 Å². The van der Waals surface area contributed by atoms with Crippen LogP contribution in [0.1, 0.15) is 35.7 Å².